The number of hydrogen-bond acceptors (Lipinski definition) is 6. The molecule has 16 heavy (non-hydrogen) atoms. The summed E-state index contributed by atoms with van der Waals surface area (Å²) in [5, 5.41) is 0. The van der Waals surface area contributed by atoms with Gasteiger partial charge in [-0.3, -0.25) is 9.63 Å². The summed E-state index contributed by atoms with van der Waals surface area (Å²) in [6.07, 6.45) is 0. The molecule has 0 aromatic carbocycles. The molecule has 0 saturated carbocycles. The van der Waals surface area contributed by atoms with E-state index in [0.29, 0.717) is 5.76 Å². The quantitative estimate of drug-likeness (QED) is 0.389. The normalized spacial score (nSPS) is 10.1. The van der Waals surface area contributed by atoms with Gasteiger partial charge in [-0.05, 0) is 12.1 Å². The van der Waals surface area contributed by atoms with Gasteiger partial charge in [-0.1, -0.05) is 0 Å². The van der Waals surface area contributed by atoms with Crippen LogP contribution in [-0.4, -0.2) is 25.6 Å². The maximum absolute atomic E-state index is 11.0. The first kappa shape index (κ1) is 12.2. The fraction of sp³-hybridized carbons (Fsp3) is 0.333. The van der Waals surface area contributed by atoms with Crippen LogP contribution in [0.1, 0.15) is 16.3 Å². The molecule has 0 bridgehead atoms. The van der Waals surface area contributed by atoms with Crippen LogP contribution in [0.25, 0.3) is 0 Å². The van der Waals surface area contributed by atoms with Crippen LogP contribution in [-0.2, 0) is 20.9 Å². The number of carbonyl (C=O) groups is 2. The SMILES string of the molecule is COC(=O)c1ccc(CNOCC(N)=O)o1. The zero-order valence-corrected chi connectivity index (χ0v) is 8.69. The maximum atomic E-state index is 11.0. The Morgan fingerprint density at radius 2 is 2.25 bits per heavy atom. The van der Waals surface area contributed by atoms with E-state index in [1.807, 2.05) is 0 Å². The lowest BCUT2D eigenvalue weighted by Gasteiger charge is -2.00. The van der Waals surface area contributed by atoms with Gasteiger partial charge in [-0.2, -0.15) is 5.48 Å². The highest BCUT2D eigenvalue weighted by atomic mass is 16.6. The minimum absolute atomic E-state index is 0.106. The first-order chi connectivity index (χ1) is 7.63. The van der Waals surface area contributed by atoms with E-state index in [-0.39, 0.29) is 18.9 Å². The van der Waals surface area contributed by atoms with E-state index in [1.165, 1.54) is 13.2 Å². The Labute approximate surface area is 91.4 Å². The average Bonchev–Trinajstić information content (AvgIpc) is 2.71. The Hall–Kier alpha value is -1.86. The topological polar surface area (TPSA) is 104 Å². The molecule has 0 saturated heterocycles. The molecule has 88 valence electrons. The first-order valence-electron chi connectivity index (χ1n) is 4.43. The smallest absolute Gasteiger partial charge is 0.373 e. The van der Waals surface area contributed by atoms with Gasteiger partial charge in [-0.15, -0.1) is 0 Å². The largest absolute Gasteiger partial charge is 0.463 e. The highest BCUT2D eigenvalue weighted by Crippen LogP contribution is 2.08. The van der Waals surface area contributed by atoms with Crippen LogP contribution in [0.3, 0.4) is 0 Å². The zero-order chi connectivity index (χ0) is 12.0. The first-order valence-corrected chi connectivity index (χ1v) is 4.43. The third kappa shape index (κ3) is 3.71. The molecular formula is C9H12N2O5. The third-order valence-electron chi connectivity index (χ3n) is 1.61. The van der Waals surface area contributed by atoms with Gasteiger partial charge in [-0.25, -0.2) is 4.79 Å². The molecule has 0 aliphatic rings. The number of methoxy groups -OCH3 is 1. The molecule has 0 aliphatic carbocycles. The number of hydroxylamine groups is 1. The van der Waals surface area contributed by atoms with Crippen LogP contribution in [0.4, 0.5) is 0 Å². The van der Waals surface area contributed by atoms with Crippen molar-refractivity contribution in [2.75, 3.05) is 13.7 Å². The van der Waals surface area contributed by atoms with Gasteiger partial charge in [0.15, 0.2) is 0 Å². The van der Waals surface area contributed by atoms with Crippen molar-refractivity contribution in [1.82, 2.24) is 5.48 Å². The second-order valence-electron chi connectivity index (χ2n) is 2.83. The average molecular weight is 228 g/mol. The zero-order valence-electron chi connectivity index (χ0n) is 8.69. The number of esters is 1. The molecule has 1 aromatic rings. The Morgan fingerprint density at radius 1 is 1.50 bits per heavy atom. The van der Waals surface area contributed by atoms with Gasteiger partial charge in [0.2, 0.25) is 11.7 Å². The monoisotopic (exact) mass is 228 g/mol. The van der Waals surface area contributed by atoms with Crippen molar-refractivity contribution < 1.29 is 23.6 Å². The van der Waals surface area contributed by atoms with Gasteiger partial charge in [0.25, 0.3) is 0 Å². The van der Waals surface area contributed by atoms with E-state index in [0.717, 1.165) is 0 Å². The van der Waals surface area contributed by atoms with Crippen molar-refractivity contribution in [3.8, 4) is 0 Å². The summed E-state index contributed by atoms with van der Waals surface area (Å²) in [5.74, 6) is -0.550. The van der Waals surface area contributed by atoms with Crippen LogP contribution < -0.4 is 11.2 Å². The number of ether oxygens (including phenoxy) is 1. The van der Waals surface area contributed by atoms with E-state index >= 15 is 0 Å². The number of rotatable bonds is 6. The van der Waals surface area contributed by atoms with Crippen molar-refractivity contribution in [2.45, 2.75) is 6.54 Å². The predicted octanol–water partition coefficient (Wildman–Crippen LogP) is -0.427. The minimum atomic E-state index is -0.581. The lowest BCUT2D eigenvalue weighted by Crippen LogP contribution is -2.24. The minimum Gasteiger partial charge on any atom is -0.463 e. The molecule has 1 amide bonds. The number of hydrogen-bond donors (Lipinski definition) is 2. The summed E-state index contributed by atoms with van der Waals surface area (Å²) in [6, 6.07) is 3.07. The summed E-state index contributed by atoms with van der Waals surface area (Å²) in [5.41, 5.74) is 7.30. The van der Waals surface area contributed by atoms with Gasteiger partial charge < -0.3 is 14.9 Å². The highest BCUT2D eigenvalue weighted by Gasteiger charge is 2.10. The van der Waals surface area contributed by atoms with Gasteiger partial charge in [0, 0.05) is 0 Å². The molecule has 1 heterocycles. The third-order valence-corrected chi connectivity index (χ3v) is 1.61. The number of furan rings is 1. The Bertz CT molecular complexity index is 374. The molecule has 7 nitrogen and oxygen atoms in total. The second-order valence-corrected chi connectivity index (χ2v) is 2.83. The molecule has 0 spiro atoms. The van der Waals surface area contributed by atoms with Gasteiger partial charge >= 0.3 is 5.97 Å². The summed E-state index contributed by atoms with van der Waals surface area (Å²) in [7, 11) is 1.26. The standard InChI is InChI=1S/C9H12N2O5/c1-14-9(13)7-3-2-6(16-7)4-11-15-5-8(10)12/h2-3,11H,4-5H2,1H3,(H2,10,12). The Kier molecular flexibility index (Phi) is 4.49. The van der Waals surface area contributed by atoms with Crippen molar-refractivity contribution in [2.24, 2.45) is 5.73 Å². The van der Waals surface area contributed by atoms with Gasteiger partial charge in [0.1, 0.15) is 12.4 Å². The van der Waals surface area contributed by atoms with Crippen LogP contribution in [0.2, 0.25) is 0 Å². The molecule has 1 rings (SSSR count). The summed E-state index contributed by atoms with van der Waals surface area (Å²) < 4.78 is 9.57. The van der Waals surface area contributed by atoms with E-state index in [9.17, 15) is 9.59 Å². The van der Waals surface area contributed by atoms with Crippen LogP contribution in [0.15, 0.2) is 16.5 Å². The summed E-state index contributed by atoms with van der Waals surface area (Å²) in [6.45, 7) is -0.0190. The molecule has 0 unspecified atom stereocenters. The van der Waals surface area contributed by atoms with E-state index in [2.05, 4.69) is 10.2 Å². The fourth-order valence-corrected chi connectivity index (χ4v) is 0.928. The molecule has 0 radical (unpaired) electrons. The number of nitrogens with one attached hydrogen (secondary N) is 1. The number of nitrogens with two attached hydrogens (primary N) is 1. The van der Waals surface area contributed by atoms with Crippen molar-refractivity contribution in [1.29, 1.82) is 0 Å². The van der Waals surface area contributed by atoms with Crippen molar-refractivity contribution in [3.05, 3.63) is 23.7 Å². The second kappa shape index (κ2) is 5.89. The highest BCUT2D eigenvalue weighted by molar-refractivity contribution is 5.86. The lowest BCUT2D eigenvalue weighted by molar-refractivity contribution is -0.125. The predicted molar refractivity (Wildman–Crippen MR) is 52.0 cm³/mol. The molecule has 0 atom stereocenters. The molecule has 1 aromatic heterocycles. The number of amides is 1. The van der Waals surface area contributed by atoms with E-state index in [1.54, 1.807) is 6.07 Å². The number of primary amides is 1. The Balaban J connectivity index is 2.35. The number of carbonyl (C=O) groups excluding carboxylic acids is 2. The molecular weight excluding hydrogens is 216 g/mol. The maximum Gasteiger partial charge on any atom is 0.373 e. The van der Waals surface area contributed by atoms with Crippen LogP contribution >= 0.6 is 0 Å². The lowest BCUT2D eigenvalue weighted by atomic mass is 10.4. The molecule has 0 aliphatic heterocycles. The molecule has 3 N–H and O–H groups in total. The Morgan fingerprint density at radius 3 is 2.88 bits per heavy atom. The summed E-state index contributed by atoms with van der Waals surface area (Å²) in [4.78, 5) is 26.0. The van der Waals surface area contributed by atoms with E-state index in [4.69, 9.17) is 15.0 Å². The van der Waals surface area contributed by atoms with Crippen molar-refractivity contribution >= 4 is 11.9 Å². The van der Waals surface area contributed by atoms with Crippen molar-refractivity contribution in [3.63, 3.8) is 0 Å². The fourth-order valence-electron chi connectivity index (χ4n) is 0.928. The van der Waals surface area contributed by atoms with Gasteiger partial charge in [0.05, 0.1) is 13.7 Å². The van der Waals surface area contributed by atoms with Crippen LogP contribution in [0.5, 0.6) is 0 Å². The van der Waals surface area contributed by atoms with Crippen LogP contribution in [0, 0.1) is 0 Å². The molecule has 0 fully saturated rings. The molecule has 7 heteroatoms. The summed E-state index contributed by atoms with van der Waals surface area (Å²) >= 11 is 0. The van der Waals surface area contributed by atoms with E-state index < -0.39 is 11.9 Å².